The highest BCUT2D eigenvalue weighted by atomic mass is 16.5. The topological polar surface area (TPSA) is 46.6 Å². The summed E-state index contributed by atoms with van der Waals surface area (Å²) in [6, 6.07) is 17.4. The van der Waals surface area contributed by atoms with E-state index in [0.29, 0.717) is 6.54 Å². The molecule has 0 saturated carbocycles. The number of benzene rings is 2. The van der Waals surface area contributed by atoms with Gasteiger partial charge in [0.1, 0.15) is 0 Å². The molecule has 0 aliphatic carbocycles. The van der Waals surface area contributed by atoms with Crippen LogP contribution in [0, 0.1) is 6.92 Å². The van der Waals surface area contributed by atoms with Gasteiger partial charge in [-0.1, -0.05) is 54.6 Å². The van der Waals surface area contributed by atoms with Crippen LogP contribution in [0.25, 0.3) is 6.08 Å². The number of carbonyl (C=O) groups is 2. The van der Waals surface area contributed by atoms with Gasteiger partial charge in [-0.05, 0) is 36.6 Å². The summed E-state index contributed by atoms with van der Waals surface area (Å²) < 4.78 is 5.22. The van der Waals surface area contributed by atoms with Crippen LogP contribution in [0.3, 0.4) is 0 Å². The van der Waals surface area contributed by atoms with E-state index >= 15 is 0 Å². The summed E-state index contributed by atoms with van der Waals surface area (Å²) in [5.41, 5.74) is 3.04. The van der Waals surface area contributed by atoms with Crippen LogP contribution in [0.15, 0.2) is 60.7 Å². The van der Waals surface area contributed by atoms with Crippen LogP contribution >= 0.6 is 0 Å². The molecule has 0 bridgehead atoms. The van der Waals surface area contributed by atoms with E-state index in [1.54, 1.807) is 24.9 Å². The van der Waals surface area contributed by atoms with Crippen molar-refractivity contribution in [2.24, 2.45) is 0 Å². The zero-order valence-corrected chi connectivity index (χ0v) is 14.8. The fourth-order valence-corrected chi connectivity index (χ4v) is 2.44. The number of ether oxygens (including phenoxy) is 1. The molecule has 0 aliphatic heterocycles. The van der Waals surface area contributed by atoms with Crippen LogP contribution in [0.4, 0.5) is 0 Å². The van der Waals surface area contributed by atoms with Gasteiger partial charge in [0, 0.05) is 19.7 Å². The molecule has 1 amide bonds. The molecule has 0 aromatic heterocycles. The van der Waals surface area contributed by atoms with E-state index < -0.39 is 12.1 Å². The van der Waals surface area contributed by atoms with Crippen molar-refractivity contribution in [3.8, 4) is 0 Å². The van der Waals surface area contributed by atoms with Crippen molar-refractivity contribution in [2.75, 3.05) is 7.05 Å². The summed E-state index contributed by atoms with van der Waals surface area (Å²) in [6.07, 6.45) is 2.22. The molecule has 0 spiro atoms. The first kappa shape index (κ1) is 18.5. The van der Waals surface area contributed by atoms with Crippen LogP contribution in [0.5, 0.6) is 0 Å². The molecule has 2 aromatic carbocycles. The Morgan fingerprint density at radius 3 is 2.40 bits per heavy atom. The third kappa shape index (κ3) is 5.60. The zero-order valence-electron chi connectivity index (χ0n) is 14.8. The lowest BCUT2D eigenvalue weighted by Crippen LogP contribution is -2.36. The van der Waals surface area contributed by atoms with Crippen LogP contribution in [-0.4, -0.2) is 29.9 Å². The molecule has 0 saturated heterocycles. The van der Waals surface area contributed by atoms with Crippen molar-refractivity contribution in [3.05, 3.63) is 77.4 Å². The Morgan fingerprint density at radius 1 is 1.08 bits per heavy atom. The Labute approximate surface area is 148 Å². The second-order valence-electron chi connectivity index (χ2n) is 5.95. The SMILES string of the molecule is Cc1ccccc1/C=C/C(=O)O[C@@H](C)C(=O)N(C)Cc1ccccc1. The number of aryl methyl sites for hydroxylation is 1. The lowest BCUT2D eigenvalue weighted by atomic mass is 10.1. The summed E-state index contributed by atoms with van der Waals surface area (Å²) in [6.45, 7) is 4.03. The molecule has 0 heterocycles. The van der Waals surface area contributed by atoms with Crippen LogP contribution in [0.1, 0.15) is 23.6 Å². The second-order valence-corrected chi connectivity index (χ2v) is 5.95. The van der Waals surface area contributed by atoms with Gasteiger partial charge >= 0.3 is 5.97 Å². The summed E-state index contributed by atoms with van der Waals surface area (Å²) in [4.78, 5) is 25.8. The molecule has 2 aromatic rings. The Morgan fingerprint density at radius 2 is 1.72 bits per heavy atom. The van der Waals surface area contributed by atoms with Crippen molar-refractivity contribution >= 4 is 18.0 Å². The minimum absolute atomic E-state index is 0.235. The van der Waals surface area contributed by atoms with Crippen molar-refractivity contribution in [3.63, 3.8) is 0 Å². The van der Waals surface area contributed by atoms with Gasteiger partial charge in [0.05, 0.1) is 0 Å². The molecular weight excluding hydrogens is 314 g/mol. The van der Waals surface area contributed by atoms with Gasteiger partial charge in [-0.25, -0.2) is 4.79 Å². The molecule has 130 valence electrons. The largest absolute Gasteiger partial charge is 0.449 e. The predicted octanol–water partition coefficient (Wildman–Crippen LogP) is 3.60. The van der Waals surface area contributed by atoms with Gasteiger partial charge in [0.2, 0.25) is 0 Å². The van der Waals surface area contributed by atoms with Crippen LogP contribution in [0.2, 0.25) is 0 Å². The maximum atomic E-state index is 12.3. The molecule has 2 rings (SSSR count). The van der Waals surface area contributed by atoms with Gasteiger partial charge in [0.25, 0.3) is 5.91 Å². The van der Waals surface area contributed by atoms with E-state index in [2.05, 4.69) is 0 Å². The van der Waals surface area contributed by atoms with Gasteiger partial charge < -0.3 is 9.64 Å². The normalized spacial score (nSPS) is 12.0. The first-order chi connectivity index (χ1) is 12.0. The quantitative estimate of drug-likeness (QED) is 0.598. The van der Waals surface area contributed by atoms with Gasteiger partial charge in [-0.15, -0.1) is 0 Å². The van der Waals surface area contributed by atoms with Gasteiger partial charge in [-0.2, -0.15) is 0 Å². The van der Waals surface area contributed by atoms with Crippen molar-refractivity contribution in [2.45, 2.75) is 26.5 Å². The molecular formula is C21H23NO3. The predicted molar refractivity (Wildman–Crippen MR) is 98.7 cm³/mol. The number of nitrogens with zero attached hydrogens (tertiary/aromatic N) is 1. The molecule has 1 atom stereocenters. The third-order valence-corrected chi connectivity index (χ3v) is 3.87. The standard InChI is InChI=1S/C21H23NO3/c1-16-9-7-8-12-19(16)13-14-20(23)25-17(2)21(24)22(3)15-18-10-5-4-6-11-18/h4-14,17H,15H2,1-3H3/b14-13+/t17-/m0/s1. The Bertz CT molecular complexity index is 753. The van der Waals surface area contributed by atoms with E-state index in [-0.39, 0.29) is 5.91 Å². The van der Waals surface area contributed by atoms with Crippen molar-refractivity contribution in [1.29, 1.82) is 0 Å². The maximum absolute atomic E-state index is 12.3. The van der Waals surface area contributed by atoms with Crippen LogP contribution in [-0.2, 0) is 20.9 Å². The van der Waals surface area contributed by atoms with Crippen molar-refractivity contribution in [1.82, 2.24) is 4.90 Å². The molecule has 0 unspecified atom stereocenters. The highest BCUT2D eigenvalue weighted by molar-refractivity contribution is 5.90. The van der Waals surface area contributed by atoms with E-state index in [1.165, 1.54) is 6.08 Å². The number of carbonyl (C=O) groups excluding carboxylic acids is 2. The first-order valence-corrected chi connectivity index (χ1v) is 8.20. The lowest BCUT2D eigenvalue weighted by Gasteiger charge is -2.21. The fourth-order valence-electron chi connectivity index (χ4n) is 2.44. The number of rotatable bonds is 6. The summed E-state index contributed by atoms with van der Waals surface area (Å²) >= 11 is 0. The van der Waals surface area contributed by atoms with Gasteiger partial charge in [0.15, 0.2) is 6.10 Å². The Balaban J connectivity index is 1.89. The average molecular weight is 337 g/mol. The first-order valence-electron chi connectivity index (χ1n) is 8.20. The minimum atomic E-state index is -0.831. The van der Waals surface area contributed by atoms with E-state index in [9.17, 15) is 9.59 Å². The molecule has 0 aliphatic rings. The molecule has 4 nitrogen and oxygen atoms in total. The summed E-state index contributed by atoms with van der Waals surface area (Å²) in [5.74, 6) is -0.765. The minimum Gasteiger partial charge on any atom is -0.449 e. The smallest absolute Gasteiger partial charge is 0.331 e. The number of likely N-dealkylation sites (N-methyl/N-ethyl adjacent to an activating group) is 1. The molecule has 4 heteroatoms. The number of amides is 1. The monoisotopic (exact) mass is 337 g/mol. The summed E-state index contributed by atoms with van der Waals surface area (Å²) in [7, 11) is 1.70. The number of esters is 1. The molecule has 25 heavy (non-hydrogen) atoms. The van der Waals surface area contributed by atoms with E-state index in [1.807, 2.05) is 61.5 Å². The fraction of sp³-hybridized carbons (Fsp3) is 0.238. The average Bonchev–Trinajstić information content (AvgIpc) is 2.61. The highest BCUT2D eigenvalue weighted by Gasteiger charge is 2.20. The highest BCUT2D eigenvalue weighted by Crippen LogP contribution is 2.10. The molecule has 0 N–H and O–H groups in total. The Kier molecular flexibility index (Phi) is 6.52. The number of hydrogen-bond donors (Lipinski definition) is 0. The Hall–Kier alpha value is -2.88. The van der Waals surface area contributed by atoms with E-state index in [0.717, 1.165) is 16.7 Å². The van der Waals surface area contributed by atoms with E-state index in [4.69, 9.17) is 4.74 Å². The number of hydrogen-bond acceptors (Lipinski definition) is 3. The lowest BCUT2D eigenvalue weighted by molar-refractivity contribution is -0.154. The molecule has 0 radical (unpaired) electrons. The zero-order chi connectivity index (χ0) is 18.2. The maximum Gasteiger partial charge on any atom is 0.331 e. The summed E-state index contributed by atoms with van der Waals surface area (Å²) in [5, 5.41) is 0. The van der Waals surface area contributed by atoms with Crippen LogP contribution < -0.4 is 0 Å². The molecule has 0 fully saturated rings. The van der Waals surface area contributed by atoms with Gasteiger partial charge in [-0.3, -0.25) is 4.79 Å². The second kappa shape index (κ2) is 8.83. The third-order valence-electron chi connectivity index (χ3n) is 3.87. The van der Waals surface area contributed by atoms with Crippen molar-refractivity contribution < 1.29 is 14.3 Å².